The van der Waals surface area contributed by atoms with E-state index in [2.05, 4.69) is 0 Å². The quantitative estimate of drug-likeness (QED) is 0.794. The lowest BCUT2D eigenvalue weighted by Gasteiger charge is -2.04. The molecule has 3 nitrogen and oxygen atoms in total. The number of phenolic OH excluding ortho intramolecular Hbond substituents is 1. The molecule has 0 bridgehead atoms. The van der Waals surface area contributed by atoms with Gasteiger partial charge in [-0.25, -0.2) is 0 Å². The fraction of sp³-hybridized carbons (Fsp3) is 0. The van der Waals surface area contributed by atoms with Gasteiger partial charge in [0.1, 0.15) is 11.8 Å². The van der Waals surface area contributed by atoms with Gasteiger partial charge in [0.05, 0.1) is 11.3 Å². The van der Waals surface area contributed by atoms with Crippen LogP contribution in [0, 0.1) is 11.3 Å². The molecule has 0 amide bonds. The average molecular weight is 242 g/mol. The van der Waals surface area contributed by atoms with E-state index in [1.807, 2.05) is 24.3 Å². The third-order valence-corrected chi connectivity index (χ3v) is 3.21. The van der Waals surface area contributed by atoms with Crippen molar-refractivity contribution in [3.8, 4) is 11.8 Å². The number of hydrogen-bond acceptors (Lipinski definition) is 4. The van der Waals surface area contributed by atoms with Crippen LogP contribution < -0.4 is 5.73 Å². The molecule has 17 heavy (non-hydrogen) atoms. The van der Waals surface area contributed by atoms with Gasteiger partial charge in [0.25, 0.3) is 0 Å². The summed E-state index contributed by atoms with van der Waals surface area (Å²) in [5, 5.41) is 17.9. The Labute approximate surface area is 104 Å². The number of nitrogens with zero attached hydrogens (tertiary/aromatic N) is 1. The standard InChI is InChI=1S/C13H10N2OS/c14-8-9-1-4-12(7-13(9)15)17-11-5-2-10(16)3-6-11/h1-7,16H,15H2. The van der Waals surface area contributed by atoms with Crippen LogP contribution in [0.4, 0.5) is 5.69 Å². The van der Waals surface area contributed by atoms with Crippen LogP contribution in [-0.4, -0.2) is 5.11 Å². The first-order valence-corrected chi connectivity index (χ1v) is 5.77. The molecule has 0 aliphatic rings. The zero-order chi connectivity index (χ0) is 12.3. The zero-order valence-electron chi connectivity index (χ0n) is 8.92. The van der Waals surface area contributed by atoms with Gasteiger partial charge in [-0.15, -0.1) is 0 Å². The van der Waals surface area contributed by atoms with Crippen molar-refractivity contribution in [3.05, 3.63) is 48.0 Å². The van der Waals surface area contributed by atoms with Crippen molar-refractivity contribution in [3.63, 3.8) is 0 Å². The number of rotatable bonds is 2. The maximum absolute atomic E-state index is 9.17. The number of phenols is 1. The topological polar surface area (TPSA) is 70.0 Å². The lowest BCUT2D eigenvalue weighted by atomic mass is 10.2. The number of nitrogen functional groups attached to an aromatic ring is 1. The summed E-state index contributed by atoms with van der Waals surface area (Å²) < 4.78 is 0. The predicted molar refractivity (Wildman–Crippen MR) is 67.8 cm³/mol. The van der Waals surface area contributed by atoms with Crippen LogP contribution in [0.15, 0.2) is 52.3 Å². The van der Waals surface area contributed by atoms with Crippen LogP contribution >= 0.6 is 11.8 Å². The molecule has 2 aromatic carbocycles. The fourth-order valence-corrected chi connectivity index (χ4v) is 2.22. The molecule has 0 radical (unpaired) electrons. The number of anilines is 1. The maximum atomic E-state index is 9.17. The van der Waals surface area contributed by atoms with E-state index in [0.29, 0.717) is 11.3 Å². The van der Waals surface area contributed by atoms with Gasteiger partial charge >= 0.3 is 0 Å². The van der Waals surface area contributed by atoms with Gasteiger partial charge < -0.3 is 10.8 Å². The Morgan fingerprint density at radius 3 is 2.29 bits per heavy atom. The summed E-state index contributed by atoms with van der Waals surface area (Å²) in [6.07, 6.45) is 0. The smallest absolute Gasteiger partial charge is 0.115 e. The largest absolute Gasteiger partial charge is 0.508 e. The number of nitriles is 1. The third kappa shape index (κ3) is 2.71. The van der Waals surface area contributed by atoms with Gasteiger partial charge in [0, 0.05) is 9.79 Å². The second-order valence-electron chi connectivity index (χ2n) is 3.46. The summed E-state index contributed by atoms with van der Waals surface area (Å²) >= 11 is 1.53. The van der Waals surface area contributed by atoms with Crippen molar-refractivity contribution >= 4 is 17.4 Å². The van der Waals surface area contributed by atoms with Gasteiger partial charge in [0.15, 0.2) is 0 Å². The molecule has 0 aromatic heterocycles. The fourth-order valence-electron chi connectivity index (χ4n) is 1.36. The van der Waals surface area contributed by atoms with Gasteiger partial charge in [-0.3, -0.25) is 0 Å². The van der Waals surface area contributed by atoms with Crippen molar-refractivity contribution in [1.29, 1.82) is 5.26 Å². The van der Waals surface area contributed by atoms with Crippen molar-refractivity contribution in [1.82, 2.24) is 0 Å². The molecule has 2 aromatic rings. The Hall–Kier alpha value is -2.12. The molecule has 0 spiro atoms. The van der Waals surface area contributed by atoms with Crippen LogP contribution in [0.25, 0.3) is 0 Å². The Bertz CT molecular complexity index is 573. The molecule has 0 aliphatic heterocycles. The van der Waals surface area contributed by atoms with E-state index in [1.54, 1.807) is 24.3 Å². The van der Waals surface area contributed by atoms with E-state index in [-0.39, 0.29) is 5.75 Å². The van der Waals surface area contributed by atoms with E-state index >= 15 is 0 Å². The second kappa shape index (κ2) is 4.81. The molecule has 0 saturated heterocycles. The van der Waals surface area contributed by atoms with Crippen LogP contribution in [0.1, 0.15) is 5.56 Å². The minimum Gasteiger partial charge on any atom is -0.508 e. The van der Waals surface area contributed by atoms with Crippen molar-refractivity contribution < 1.29 is 5.11 Å². The first kappa shape index (κ1) is 11.4. The highest BCUT2D eigenvalue weighted by atomic mass is 32.2. The lowest BCUT2D eigenvalue weighted by molar-refractivity contribution is 0.475. The van der Waals surface area contributed by atoms with Gasteiger partial charge in [-0.2, -0.15) is 5.26 Å². The Morgan fingerprint density at radius 2 is 1.71 bits per heavy atom. The lowest BCUT2D eigenvalue weighted by Crippen LogP contribution is -1.89. The maximum Gasteiger partial charge on any atom is 0.115 e. The third-order valence-electron chi connectivity index (χ3n) is 2.22. The first-order valence-electron chi connectivity index (χ1n) is 4.95. The molecule has 0 saturated carbocycles. The van der Waals surface area contributed by atoms with Crippen LogP contribution in [0.5, 0.6) is 5.75 Å². The molecule has 0 fully saturated rings. The molecule has 2 rings (SSSR count). The van der Waals surface area contributed by atoms with E-state index in [1.165, 1.54) is 11.8 Å². The summed E-state index contributed by atoms with van der Waals surface area (Å²) in [6.45, 7) is 0. The summed E-state index contributed by atoms with van der Waals surface area (Å²) in [5.41, 5.74) is 6.70. The molecule has 3 N–H and O–H groups in total. The van der Waals surface area contributed by atoms with Gasteiger partial charge in [-0.1, -0.05) is 11.8 Å². The van der Waals surface area contributed by atoms with Crippen LogP contribution in [0.3, 0.4) is 0 Å². The molecular formula is C13H10N2OS. The number of hydrogen-bond donors (Lipinski definition) is 2. The van der Waals surface area contributed by atoms with E-state index in [9.17, 15) is 0 Å². The molecule has 4 heteroatoms. The summed E-state index contributed by atoms with van der Waals surface area (Å²) in [5.74, 6) is 0.244. The van der Waals surface area contributed by atoms with Gasteiger partial charge in [-0.05, 0) is 42.5 Å². The zero-order valence-corrected chi connectivity index (χ0v) is 9.74. The second-order valence-corrected chi connectivity index (χ2v) is 4.60. The molecular weight excluding hydrogens is 232 g/mol. The molecule has 0 atom stereocenters. The molecule has 0 unspecified atom stereocenters. The first-order chi connectivity index (χ1) is 8.19. The monoisotopic (exact) mass is 242 g/mol. The Morgan fingerprint density at radius 1 is 1.06 bits per heavy atom. The normalized spacial score (nSPS) is 9.82. The SMILES string of the molecule is N#Cc1ccc(Sc2ccc(O)cc2)cc1N. The van der Waals surface area contributed by atoms with Crippen molar-refractivity contribution in [2.75, 3.05) is 5.73 Å². The minimum atomic E-state index is 0.244. The number of aromatic hydroxyl groups is 1. The Kier molecular flexibility index (Phi) is 3.22. The van der Waals surface area contributed by atoms with E-state index < -0.39 is 0 Å². The Balaban J connectivity index is 2.22. The highest BCUT2D eigenvalue weighted by Crippen LogP contribution is 2.30. The predicted octanol–water partition coefficient (Wildman–Crippen LogP) is 3.00. The summed E-state index contributed by atoms with van der Waals surface area (Å²) in [6, 6.07) is 14.3. The van der Waals surface area contributed by atoms with Crippen molar-refractivity contribution in [2.24, 2.45) is 0 Å². The number of benzene rings is 2. The molecule has 0 heterocycles. The minimum absolute atomic E-state index is 0.244. The highest BCUT2D eigenvalue weighted by Gasteiger charge is 2.02. The average Bonchev–Trinajstić information content (AvgIpc) is 2.32. The molecule has 0 aliphatic carbocycles. The van der Waals surface area contributed by atoms with Crippen LogP contribution in [0.2, 0.25) is 0 Å². The van der Waals surface area contributed by atoms with E-state index in [4.69, 9.17) is 16.1 Å². The number of nitrogens with two attached hydrogens (primary N) is 1. The summed E-state index contributed by atoms with van der Waals surface area (Å²) in [4.78, 5) is 1.97. The van der Waals surface area contributed by atoms with Crippen molar-refractivity contribution in [2.45, 2.75) is 9.79 Å². The van der Waals surface area contributed by atoms with E-state index in [0.717, 1.165) is 9.79 Å². The summed E-state index contributed by atoms with van der Waals surface area (Å²) in [7, 11) is 0. The van der Waals surface area contributed by atoms with Crippen LogP contribution in [-0.2, 0) is 0 Å². The van der Waals surface area contributed by atoms with Gasteiger partial charge in [0.2, 0.25) is 0 Å². The molecule has 84 valence electrons. The highest BCUT2D eigenvalue weighted by molar-refractivity contribution is 7.99.